The molecule has 1 saturated carbocycles. The van der Waals surface area contributed by atoms with Gasteiger partial charge >= 0.3 is 0 Å². The van der Waals surface area contributed by atoms with Crippen molar-refractivity contribution >= 4 is 0 Å². The normalized spacial score (nSPS) is 20.3. The van der Waals surface area contributed by atoms with Crippen LogP contribution in [0.5, 0.6) is 5.75 Å². The van der Waals surface area contributed by atoms with Crippen molar-refractivity contribution in [3.63, 3.8) is 0 Å². The Kier molecular flexibility index (Phi) is 3.65. The van der Waals surface area contributed by atoms with Gasteiger partial charge in [0.2, 0.25) is 0 Å². The first-order valence-corrected chi connectivity index (χ1v) is 7.15. The Hall–Kier alpha value is -1.02. The van der Waals surface area contributed by atoms with Gasteiger partial charge in [-0.2, -0.15) is 0 Å². The van der Waals surface area contributed by atoms with Crippen LogP contribution < -0.4 is 10.1 Å². The zero-order valence-corrected chi connectivity index (χ0v) is 13.1. The number of hydrogen-bond acceptors (Lipinski definition) is 2. The number of ether oxygens (including phenoxy) is 1. The first-order chi connectivity index (χ1) is 8.80. The van der Waals surface area contributed by atoms with Gasteiger partial charge in [0.1, 0.15) is 5.75 Å². The number of hydrogen-bond donors (Lipinski definition) is 1. The fourth-order valence-corrected chi connectivity index (χ4v) is 3.25. The van der Waals surface area contributed by atoms with Gasteiger partial charge in [-0.15, -0.1) is 0 Å². The molecule has 0 radical (unpaired) electrons. The molecule has 106 valence electrons. The average molecular weight is 261 g/mol. The highest BCUT2D eigenvalue weighted by atomic mass is 16.5. The van der Waals surface area contributed by atoms with Gasteiger partial charge in [-0.3, -0.25) is 0 Å². The minimum Gasteiger partial charge on any atom is -0.496 e. The van der Waals surface area contributed by atoms with Crippen molar-refractivity contribution < 1.29 is 4.74 Å². The van der Waals surface area contributed by atoms with Crippen molar-refractivity contribution in [3.8, 4) is 5.75 Å². The summed E-state index contributed by atoms with van der Waals surface area (Å²) >= 11 is 0. The molecule has 0 unspecified atom stereocenters. The van der Waals surface area contributed by atoms with Crippen LogP contribution in [0.4, 0.5) is 0 Å². The summed E-state index contributed by atoms with van der Waals surface area (Å²) in [6.07, 6.45) is 0. The summed E-state index contributed by atoms with van der Waals surface area (Å²) in [7, 11) is 1.72. The third-order valence-corrected chi connectivity index (χ3v) is 5.46. The lowest BCUT2D eigenvalue weighted by Crippen LogP contribution is -2.18. The Morgan fingerprint density at radius 2 is 1.79 bits per heavy atom. The zero-order valence-electron chi connectivity index (χ0n) is 13.1. The molecule has 1 aliphatic carbocycles. The largest absolute Gasteiger partial charge is 0.496 e. The van der Waals surface area contributed by atoms with Gasteiger partial charge in [0.25, 0.3) is 0 Å². The second-order valence-corrected chi connectivity index (χ2v) is 6.93. The third-order valence-electron chi connectivity index (χ3n) is 5.46. The molecule has 0 aliphatic heterocycles. The standard InChI is InChI=1S/C17H27NO/c1-12-9-13(7-8-14(12)19-6)10-18-11-15-16(2,3)17(15,4)5/h7-9,15,18H,10-11H2,1-6H3. The summed E-state index contributed by atoms with van der Waals surface area (Å²) in [6, 6.07) is 6.40. The van der Waals surface area contributed by atoms with E-state index in [-0.39, 0.29) is 0 Å². The molecule has 1 N–H and O–H groups in total. The Morgan fingerprint density at radius 1 is 1.16 bits per heavy atom. The smallest absolute Gasteiger partial charge is 0.121 e. The lowest BCUT2D eigenvalue weighted by atomic mass is 10.0. The molecule has 2 rings (SSSR count). The summed E-state index contributed by atoms with van der Waals surface area (Å²) in [5.74, 6) is 1.74. The molecule has 1 aromatic carbocycles. The molecule has 19 heavy (non-hydrogen) atoms. The fourth-order valence-electron chi connectivity index (χ4n) is 3.25. The van der Waals surface area contributed by atoms with Crippen LogP contribution in [0.3, 0.4) is 0 Å². The molecule has 0 heterocycles. The van der Waals surface area contributed by atoms with E-state index in [0.717, 1.165) is 24.8 Å². The van der Waals surface area contributed by atoms with Crippen LogP contribution >= 0.6 is 0 Å². The summed E-state index contributed by atoms with van der Waals surface area (Å²) < 4.78 is 5.29. The maximum absolute atomic E-state index is 5.29. The summed E-state index contributed by atoms with van der Waals surface area (Å²) in [4.78, 5) is 0. The predicted molar refractivity (Wildman–Crippen MR) is 80.5 cm³/mol. The van der Waals surface area contributed by atoms with Gasteiger partial charge in [-0.1, -0.05) is 39.8 Å². The van der Waals surface area contributed by atoms with Crippen LogP contribution in [0.2, 0.25) is 0 Å². The maximum atomic E-state index is 5.29. The minimum absolute atomic E-state index is 0.468. The summed E-state index contributed by atoms with van der Waals surface area (Å²) in [5, 5.41) is 3.60. The molecule has 1 aromatic rings. The number of aryl methyl sites for hydroxylation is 1. The second kappa shape index (κ2) is 4.82. The molecular weight excluding hydrogens is 234 g/mol. The van der Waals surface area contributed by atoms with E-state index in [2.05, 4.69) is 58.1 Å². The van der Waals surface area contributed by atoms with Gasteiger partial charge in [-0.25, -0.2) is 0 Å². The van der Waals surface area contributed by atoms with Gasteiger partial charge in [-0.05, 0) is 47.4 Å². The number of rotatable bonds is 5. The molecule has 0 atom stereocenters. The summed E-state index contributed by atoms with van der Waals surface area (Å²) in [6.45, 7) is 13.6. The van der Waals surface area contributed by atoms with Crippen molar-refractivity contribution in [2.45, 2.75) is 41.2 Å². The van der Waals surface area contributed by atoms with Gasteiger partial charge in [0, 0.05) is 6.54 Å². The van der Waals surface area contributed by atoms with Crippen LogP contribution in [0, 0.1) is 23.7 Å². The first-order valence-electron chi connectivity index (χ1n) is 7.15. The van der Waals surface area contributed by atoms with E-state index in [1.54, 1.807) is 7.11 Å². The molecule has 1 fully saturated rings. The molecule has 0 spiro atoms. The molecule has 2 nitrogen and oxygen atoms in total. The molecule has 0 saturated heterocycles. The quantitative estimate of drug-likeness (QED) is 0.871. The van der Waals surface area contributed by atoms with E-state index in [9.17, 15) is 0 Å². The molecule has 0 bridgehead atoms. The lowest BCUT2D eigenvalue weighted by molar-refractivity contribution is 0.411. The molecule has 2 heteroatoms. The van der Waals surface area contributed by atoms with E-state index in [4.69, 9.17) is 4.74 Å². The van der Waals surface area contributed by atoms with Gasteiger partial charge < -0.3 is 10.1 Å². The van der Waals surface area contributed by atoms with Gasteiger partial charge in [0.15, 0.2) is 0 Å². The maximum Gasteiger partial charge on any atom is 0.121 e. The first kappa shape index (κ1) is 14.4. The van der Waals surface area contributed by atoms with E-state index in [1.807, 2.05) is 0 Å². The van der Waals surface area contributed by atoms with Crippen molar-refractivity contribution in [1.29, 1.82) is 0 Å². The fraction of sp³-hybridized carbons (Fsp3) is 0.647. The van der Waals surface area contributed by atoms with E-state index in [0.29, 0.717) is 10.8 Å². The molecule has 0 amide bonds. The van der Waals surface area contributed by atoms with Crippen molar-refractivity contribution in [2.75, 3.05) is 13.7 Å². The third kappa shape index (κ3) is 2.51. The Bertz CT molecular complexity index is 448. The molecular formula is C17H27NO. The highest BCUT2D eigenvalue weighted by Gasteiger charge is 2.63. The number of nitrogens with one attached hydrogen (secondary N) is 1. The monoisotopic (exact) mass is 261 g/mol. The Labute approximate surface area is 117 Å². The summed E-state index contributed by atoms with van der Waals surface area (Å²) in [5.41, 5.74) is 3.47. The number of methoxy groups -OCH3 is 1. The van der Waals surface area contributed by atoms with Crippen molar-refractivity contribution in [3.05, 3.63) is 29.3 Å². The average Bonchev–Trinajstić information content (AvgIpc) is 2.71. The van der Waals surface area contributed by atoms with E-state index < -0.39 is 0 Å². The lowest BCUT2D eigenvalue weighted by Gasteiger charge is -2.09. The van der Waals surface area contributed by atoms with Gasteiger partial charge in [0.05, 0.1) is 7.11 Å². The highest BCUT2D eigenvalue weighted by Crippen LogP contribution is 2.67. The topological polar surface area (TPSA) is 21.3 Å². The molecule has 0 aromatic heterocycles. The van der Waals surface area contributed by atoms with Crippen LogP contribution in [0.15, 0.2) is 18.2 Å². The van der Waals surface area contributed by atoms with Crippen LogP contribution in [-0.4, -0.2) is 13.7 Å². The van der Waals surface area contributed by atoms with E-state index in [1.165, 1.54) is 11.1 Å². The second-order valence-electron chi connectivity index (χ2n) is 6.93. The Morgan fingerprint density at radius 3 is 2.26 bits per heavy atom. The van der Waals surface area contributed by atoms with Crippen LogP contribution in [0.1, 0.15) is 38.8 Å². The van der Waals surface area contributed by atoms with Crippen LogP contribution in [0.25, 0.3) is 0 Å². The SMILES string of the molecule is COc1ccc(CNCC2C(C)(C)C2(C)C)cc1C. The van der Waals surface area contributed by atoms with Crippen LogP contribution in [-0.2, 0) is 6.54 Å². The Balaban J connectivity index is 1.86. The minimum atomic E-state index is 0.468. The predicted octanol–water partition coefficient (Wildman–Crippen LogP) is 3.78. The van der Waals surface area contributed by atoms with Crippen molar-refractivity contribution in [2.24, 2.45) is 16.7 Å². The number of benzene rings is 1. The highest BCUT2D eigenvalue weighted by molar-refractivity contribution is 5.36. The molecule has 1 aliphatic rings. The van der Waals surface area contributed by atoms with Crippen molar-refractivity contribution in [1.82, 2.24) is 5.32 Å². The van der Waals surface area contributed by atoms with E-state index >= 15 is 0 Å². The zero-order chi connectivity index (χ0) is 14.3.